The molecule has 2 aromatic heterocycles. The van der Waals surface area contributed by atoms with Gasteiger partial charge in [-0.05, 0) is 19.4 Å². The standard InChI is InChI=1S/C16H18N6O/c1-11-16(13-7-5-4-6-8-13)12(2)22(19-11)10-15(23)17-14-9-21(3)20-18-14/h4-9H,10H2,1-3H3,(H,17,23). The first kappa shape index (κ1) is 15.0. The van der Waals surface area contributed by atoms with Crippen LogP contribution in [0.3, 0.4) is 0 Å². The third-order valence-corrected chi connectivity index (χ3v) is 3.61. The summed E-state index contributed by atoms with van der Waals surface area (Å²) >= 11 is 0. The highest BCUT2D eigenvalue weighted by molar-refractivity contribution is 5.89. The molecule has 1 N–H and O–H groups in total. The molecule has 7 nitrogen and oxygen atoms in total. The molecule has 0 saturated heterocycles. The van der Waals surface area contributed by atoms with E-state index in [4.69, 9.17) is 0 Å². The number of aryl methyl sites for hydroxylation is 2. The predicted octanol–water partition coefficient (Wildman–Crippen LogP) is 1.93. The summed E-state index contributed by atoms with van der Waals surface area (Å²) in [4.78, 5) is 12.2. The quantitative estimate of drug-likeness (QED) is 0.799. The van der Waals surface area contributed by atoms with E-state index in [0.29, 0.717) is 5.82 Å². The van der Waals surface area contributed by atoms with Crippen molar-refractivity contribution in [3.05, 3.63) is 47.9 Å². The number of aromatic nitrogens is 5. The molecule has 0 fully saturated rings. The molecule has 0 aliphatic heterocycles. The van der Waals surface area contributed by atoms with E-state index in [1.54, 1.807) is 17.9 Å². The van der Waals surface area contributed by atoms with Gasteiger partial charge >= 0.3 is 0 Å². The third kappa shape index (κ3) is 3.13. The third-order valence-electron chi connectivity index (χ3n) is 3.61. The summed E-state index contributed by atoms with van der Waals surface area (Å²) in [6, 6.07) is 10.0. The van der Waals surface area contributed by atoms with Crippen LogP contribution >= 0.6 is 0 Å². The molecule has 0 unspecified atom stereocenters. The lowest BCUT2D eigenvalue weighted by molar-refractivity contribution is -0.117. The Morgan fingerprint density at radius 3 is 2.61 bits per heavy atom. The average molecular weight is 310 g/mol. The number of benzene rings is 1. The fourth-order valence-electron chi connectivity index (χ4n) is 2.60. The van der Waals surface area contributed by atoms with E-state index in [1.165, 1.54) is 4.68 Å². The largest absolute Gasteiger partial charge is 0.306 e. The van der Waals surface area contributed by atoms with E-state index in [1.807, 2.05) is 44.2 Å². The summed E-state index contributed by atoms with van der Waals surface area (Å²) in [6.07, 6.45) is 1.65. The van der Waals surface area contributed by atoms with Gasteiger partial charge in [0.05, 0.1) is 11.9 Å². The monoisotopic (exact) mass is 310 g/mol. The van der Waals surface area contributed by atoms with Crippen molar-refractivity contribution in [2.75, 3.05) is 5.32 Å². The van der Waals surface area contributed by atoms with Crippen molar-refractivity contribution >= 4 is 11.7 Å². The van der Waals surface area contributed by atoms with Crippen LogP contribution in [0.5, 0.6) is 0 Å². The molecule has 1 amide bonds. The first-order valence-electron chi connectivity index (χ1n) is 7.30. The van der Waals surface area contributed by atoms with Crippen LogP contribution in [0.1, 0.15) is 11.4 Å². The zero-order valence-electron chi connectivity index (χ0n) is 13.3. The zero-order chi connectivity index (χ0) is 16.4. The smallest absolute Gasteiger partial charge is 0.247 e. The second-order valence-electron chi connectivity index (χ2n) is 5.40. The van der Waals surface area contributed by atoms with Crippen LogP contribution in [-0.4, -0.2) is 30.7 Å². The topological polar surface area (TPSA) is 77.6 Å². The number of hydrogen-bond donors (Lipinski definition) is 1. The van der Waals surface area contributed by atoms with Crippen molar-refractivity contribution < 1.29 is 4.79 Å². The van der Waals surface area contributed by atoms with E-state index in [9.17, 15) is 4.79 Å². The van der Waals surface area contributed by atoms with Crippen molar-refractivity contribution in [2.45, 2.75) is 20.4 Å². The molecule has 2 heterocycles. The Labute approximate surface area is 133 Å². The summed E-state index contributed by atoms with van der Waals surface area (Å²) in [5, 5.41) is 14.8. The Morgan fingerprint density at radius 1 is 1.22 bits per heavy atom. The fourth-order valence-corrected chi connectivity index (χ4v) is 2.60. The van der Waals surface area contributed by atoms with Gasteiger partial charge in [-0.3, -0.25) is 14.2 Å². The molecule has 0 aliphatic carbocycles. The fraction of sp³-hybridized carbons (Fsp3) is 0.250. The second kappa shape index (κ2) is 6.04. The average Bonchev–Trinajstić information content (AvgIpc) is 3.04. The van der Waals surface area contributed by atoms with Gasteiger partial charge in [0.2, 0.25) is 5.91 Å². The maximum atomic E-state index is 12.2. The van der Waals surface area contributed by atoms with Gasteiger partial charge in [-0.25, -0.2) is 0 Å². The molecule has 7 heteroatoms. The van der Waals surface area contributed by atoms with Crippen molar-refractivity contribution in [1.29, 1.82) is 0 Å². The van der Waals surface area contributed by atoms with Crippen LogP contribution in [0.2, 0.25) is 0 Å². The lowest BCUT2D eigenvalue weighted by Crippen LogP contribution is -2.20. The van der Waals surface area contributed by atoms with Crippen molar-refractivity contribution in [1.82, 2.24) is 24.8 Å². The van der Waals surface area contributed by atoms with Crippen LogP contribution in [0.15, 0.2) is 36.5 Å². The molecule has 1 aromatic carbocycles. The van der Waals surface area contributed by atoms with Gasteiger partial charge in [-0.1, -0.05) is 35.5 Å². The Kier molecular flexibility index (Phi) is 3.92. The SMILES string of the molecule is Cc1nn(CC(=O)Nc2cn(C)nn2)c(C)c1-c1ccccc1. The molecule has 0 atom stereocenters. The van der Waals surface area contributed by atoms with Crippen LogP contribution < -0.4 is 5.32 Å². The normalized spacial score (nSPS) is 10.7. The first-order chi connectivity index (χ1) is 11.0. The van der Waals surface area contributed by atoms with Gasteiger partial charge in [0.15, 0.2) is 5.82 Å². The van der Waals surface area contributed by atoms with Crippen LogP contribution in [0, 0.1) is 13.8 Å². The number of anilines is 1. The summed E-state index contributed by atoms with van der Waals surface area (Å²) in [7, 11) is 1.75. The van der Waals surface area contributed by atoms with E-state index >= 15 is 0 Å². The highest BCUT2D eigenvalue weighted by Crippen LogP contribution is 2.26. The first-order valence-corrected chi connectivity index (χ1v) is 7.30. The zero-order valence-corrected chi connectivity index (χ0v) is 13.3. The Bertz CT molecular complexity index is 834. The van der Waals surface area contributed by atoms with E-state index < -0.39 is 0 Å². The summed E-state index contributed by atoms with van der Waals surface area (Å²) in [5.41, 5.74) is 4.03. The molecular weight excluding hydrogens is 292 g/mol. The van der Waals surface area contributed by atoms with E-state index in [2.05, 4.69) is 20.7 Å². The van der Waals surface area contributed by atoms with Crippen LogP contribution in [0.25, 0.3) is 11.1 Å². The second-order valence-corrected chi connectivity index (χ2v) is 5.40. The molecule has 0 bridgehead atoms. The highest BCUT2D eigenvalue weighted by Gasteiger charge is 2.15. The van der Waals surface area contributed by atoms with E-state index in [-0.39, 0.29) is 12.5 Å². The summed E-state index contributed by atoms with van der Waals surface area (Å²) < 4.78 is 3.25. The number of nitrogens with one attached hydrogen (secondary N) is 1. The maximum absolute atomic E-state index is 12.2. The highest BCUT2D eigenvalue weighted by atomic mass is 16.2. The van der Waals surface area contributed by atoms with Crippen molar-refractivity contribution in [3.8, 4) is 11.1 Å². The number of carbonyl (C=O) groups is 1. The Balaban J connectivity index is 1.80. The van der Waals surface area contributed by atoms with Gasteiger partial charge in [0.25, 0.3) is 0 Å². The number of hydrogen-bond acceptors (Lipinski definition) is 4. The van der Waals surface area contributed by atoms with E-state index in [0.717, 1.165) is 22.5 Å². The summed E-state index contributed by atoms with van der Waals surface area (Å²) in [5.74, 6) is 0.248. The Morgan fingerprint density at radius 2 is 1.96 bits per heavy atom. The minimum Gasteiger partial charge on any atom is -0.306 e. The molecule has 0 saturated carbocycles. The van der Waals surface area contributed by atoms with Crippen molar-refractivity contribution in [2.24, 2.45) is 7.05 Å². The Hall–Kier alpha value is -2.96. The minimum absolute atomic E-state index is 0.135. The molecule has 118 valence electrons. The number of nitrogens with zero attached hydrogens (tertiary/aromatic N) is 5. The van der Waals surface area contributed by atoms with Crippen molar-refractivity contribution in [3.63, 3.8) is 0 Å². The van der Waals surface area contributed by atoms with Gasteiger partial charge in [0.1, 0.15) is 6.54 Å². The molecule has 3 aromatic rings. The summed E-state index contributed by atoms with van der Waals surface area (Å²) in [6.45, 7) is 4.06. The molecule has 3 rings (SSSR count). The minimum atomic E-state index is -0.185. The maximum Gasteiger partial charge on any atom is 0.247 e. The molecule has 0 radical (unpaired) electrons. The lowest BCUT2D eigenvalue weighted by atomic mass is 10.0. The number of amides is 1. The molecule has 0 spiro atoms. The number of carbonyl (C=O) groups excluding carboxylic acids is 1. The van der Waals surface area contributed by atoms with Crippen LogP contribution in [-0.2, 0) is 18.4 Å². The van der Waals surface area contributed by atoms with Gasteiger partial charge in [-0.15, -0.1) is 5.10 Å². The van der Waals surface area contributed by atoms with Crippen LogP contribution in [0.4, 0.5) is 5.82 Å². The lowest BCUT2D eigenvalue weighted by Gasteiger charge is -2.05. The molecular formula is C16H18N6O. The van der Waals surface area contributed by atoms with Gasteiger partial charge < -0.3 is 5.32 Å². The molecule has 0 aliphatic rings. The molecule has 23 heavy (non-hydrogen) atoms. The number of rotatable bonds is 4. The van der Waals surface area contributed by atoms with Gasteiger partial charge in [0, 0.05) is 18.3 Å². The predicted molar refractivity (Wildman–Crippen MR) is 86.8 cm³/mol. The van der Waals surface area contributed by atoms with Gasteiger partial charge in [-0.2, -0.15) is 5.10 Å².